The van der Waals surface area contributed by atoms with Gasteiger partial charge in [-0.25, -0.2) is 0 Å². The quantitative estimate of drug-likeness (QED) is 0.840. The molecule has 0 saturated heterocycles. The summed E-state index contributed by atoms with van der Waals surface area (Å²) in [6.45, 7) is 2.20. The van der Waals surface area contributed by atoms with Crippen LogP contribution in [0, 0.1) is 5.41 Å². The maximum atomic E-state index is 11.9. The third-order valence-electron chi connectivity index (χ3n) is 3.30. The summed E-state index contributed by atoms with van der Waals surface area (Å²) >= 11 is 5.83. The largest absolute Gasteiger partial charge is 0.466 e. The molecule has 0 radical (unpaired) electrons. The van der Waals surface area contributed by atoms with E-state index in [1.54, 1.807) is 12.1 Å². The zero-order valence-corrected chi connectivity index (χ0v) is 10.5. The fourth-order valence-electron chi connectivity index (χ4n) is 2.04. The molecular weight excluding hydrogens is 238 g/mol. The number of esters is 1. The Balaban J connectivity index is 2.17. The van der Waals surface area contributed by atoms with E-state index in [1.807, 2.05) is 19.1 Å². The Hall–Kier alpha value is -1.06. The van der Waals surface area contributed by atoms with Crippen LogP contribution in [0.1, 0.15) is 31.4 Å². The van der Waals surface area contributed by atoms with Gasteiger partial charge < -0.3 is 10.5 Å². The Morgan fingerprint density at radius 3 is 2.53 bits per heavy atom. The molecule has 0 aromatic heterocycles. The first kappa shape index (κ1) is 12.4. The van der Waals surface area contributed by atoms with E-state index in [9.17, 15) is 4.79 Å². The van der Waals surface area contributed by atoms with Crippen molar-refractivity contribution in [2.24, 2.45) is 11.1 Å². The normalized spacial score (nSPS) is 18.5. The molecule has 17 heavy (non-hydrogen) atoms. The molecule has 1 saturated carbocycles. The monoisotopic (exact) mass is 253 g/mol. The molecule has 1 aliphatic rings. The van der Waals surface area contributed by atoms with Gasteiger partial charge in [0.15, 0.2) is 0 Å². The third-order valence-corrected chi connectivity index (χ3v) is 3.55. The predicted octanol–water partition coefficient (Wildman–Crippen LogP) is 2.68. The van der Waals surface area contributed by atoms with E-state index in [2.05, 4.69) is 0 Å². The number of benzene rings is 1. The smallest absolute Gasteiger partial charge is 0.313 e. The average Bonchev–Trinajstić information content (AvgIpc) is 3.11. The minimum absolute atomic E-state index is 0.178. The van der Waals surface area contributed by atoms with E-state index in [1.165, 1.54) is 0 Å². The van der Waals surface area contributed by atoms with Crippen LogP contribution in [0.4, 0.5) is 0 Å². The van der Waals surface area contributed by atoms with Crippen molar-refractivity contribution in [2.45, 2.75) is 25.8 Å². The van der Waals surface area contributed by atoms with E-state index < -0.39 is 5.41 Å². The molecule has 2 rings (SSSR count). The van der Waals surface area contributed by atoms with Gasteiger partial charge in [0.25, 0.3) is 0 Å². The van der Waals surface area contributed by atoms with Crippen LogP contribution >= 0.6 is 11.6 Å². The van der Waals surface area contributed by atoms with Gasteiger partial charge in [-0.2, -0.15) is 0 Å². The molecule has 92 valence electrons. The highest BCUT2D eigenvalue weighted by molar-refractivity contribution is 6.30. The third kappa shape index (κ3) is 2.31. The van der Waals surface area contributed by atoms with E-state index >= 15 is 0 Å². The summed E-state index contributed by atoms with van der Waals surface area (Å²) < 4.78 is 5.09. The molecule has 4 heteroatoms. The molecule has 2 N–H and O–H groups in total. The zero-order chi connectivity index (χ0) is 12.5. The lowest BCUT2D eigenvalue weighted by molar-refractivity contribution is -0.150. The van der Waals surface area contributed by atoms with Crippen molar-refractivity contribution in [2.75, 3.05) is 6.61 Å². The van der Waals surface area contributed by atoms with Gasteiger partial charge in [0.05, 0.1) is 12.0 Å². The van der Waals surface area contributed by atoms with Gasteiger partial charge in [-0.3, -0.25) is 4.79 Å². The van der Waals surface area contributed by atoms with Crippen LogP contribution in [0.15, 0.2) is 24.3 Å². The van der Waals surface area contributed by atoms with Crippen LogP contribution in [-0.4, -0.2) is 12.6 Å². The van der Waals surface area contributed by atoms with Gasteiger partial charge >= 0.3 is 5.97 Å². The maximum absolute atomic E-state index is 11.9. The summed E-state index contributed by atoms with van der Waals surface area (Å²) in [6, 6.07) is 7.01. The molecule has 1 aromatic carbocycles. The molecule has 1 aromatic rings. The average molecular weight is 254 g/mol. The predicted molar refractivity (Wildman–Crippen MR) is 66.7 cm³/mol. The van der Waals surface area contributed by atoms with Crippen molar-refractivity contribution < 1.29 is 9.53 Å². The summed E-state index contributed by atoms with van der Waals surface area (Å²) in [5.74, 6) is -0.178. The molecule has 0 amide bonds. The fraction of sp³-hybridized carbons (Fsp3) is 0.462. The minimum atomic E-state index is -0.510. The number of hydrogen-bond donors (Lipinski definition) is 1. The van der Waals surface area contributed by atoms with Gasteiger partial charge in [0.1, 0.15) is 0 Å². The summed E-state index contributed by atoms with van der Waals surface area (Å²) in [5, 5.41) is 0.668. The first-order valence-electron chi connectivity index (χ1n) is 5.78. The van der Waals surface area contributed by atoms with Crippen LogP contribution in [0.2, 0.25) is 5.02 Å². The summed E-state index contributed by atoms with van der Waals surface area (Å²) in [6.07, 6.45) is 1.60. The first-order chi connectivity index (χ1) is 8.10. The highest BCUT2D eigenvalue weighted by atomic mass is 35.5. The number of nitrogens with two attached hydrogens (primary N) is 1. The first-order valence-corrected chi connectivity index (χ1v) is 6.16. The highest BCUT2D eigenvalue weighted by Gasteiger charge is 2.56. The van der Waals surface area contributed by atoms with Gasteiger partial charge in [0.2, 0.25) is 0 Å². The van der Waals surface area contributed by atoms with Crippen molar-refractivity contribution in [3.8, 4) is 0 Å². The van der Waals surface area contributed by atoms with E-state index in [4.69, 9.17) is 22.1 Å². The molecule has 3 nitrogen and oxygen atoms in total. The molecule has 0 bridgehead atoms. The van der Waals surface area contributed by atoms with Gasteiger partial charge in [0, 0.05) is 11.1 Å². The molecule has 0 spiro atoms. The molecule has 1 fully saturated rings. The topological polar surface area (TPSA) is 52.3 Å². The van der Waals surface area contributed by atoms with Crippen molar-refractivity contribution in [1.29, 1.82) is 0 Å². The van der Waals surface area contributed by atoms with Gasteiger partial charge in [-0.05, 0) is 37.5 Å². The van der Waals surface area contributed by atoms with Crippen molar-refractivity contribution in [3.05, 3.63) is 34.9 Å². The second-order valence-corrected chi connectivity index (χ2v) is 4.84. The Kier molecular flexibility index (Phi) is 3.40. The van der Waals surface area contributed by atoms with Gasteiger partial charge in [-0.1, -0.05) is 23.7 Å². The van der Waals surface area contributed by atoms with Crippen LogP contribution in [-0.2, 0) is 9.53 Å². The molecular formula is C13H16ClNO2. The number of carbonyl (C=O) groups excluding carboxylic acids is 1. The number of ether oxygens (including phenoxy) is 1. The molecule has 1 atom stereocenters. The molecule has 0 aliphatic heterocycles. The summed E-state index contributed by atoms with van der Waals surface area (Å²) in [7, 11) is 0. The fourth-order valence-corrected chi connectivity index (χ4v) is 2.17. The Labute approximate surface area is 106 Å². The van der Waals surface area contributed by atoms with Crippen LogP contribution in [0.25, 0.3) is 0 Å². The van der Waals surface area contributed by atoms with Crippen LogP contribution in [0.3, 0.4) is 0 Å². The lowest BCUT2D eigenvalue weighted by atomic mass is 9.91. The molecule has 1 unspecified atom stereocenters. The minimum Gasteiger partial charge on any atom is -0.466 e. The summed E-state index contributed by atoms with van der Waals surface area (Å²) in [5.41, 5.74) is 6.59. The standard InChI is InChI=1S/C13H16ClNO2/c1-2-17-12(16)13(7-8-13)11(15)9-3-5-10(14)6-4-9/h3-6,11H,2,7-8,15H2,1H3. The Morgan fingerprint density at radius 2 is 2.06 bits per heavy atom. The van der Waals surface area contributed by atoms with Crippen LogP contribution < -0.4 is 5.73 Å². The number of hydrogen-bond acceptors (Lipinski definition) is 3. The summed E-state index contributed by atoms with van der Waals surface area (Å²) in [4.78, 5) is 11.9. The lowest BCUT2D eigenvalue weighted by Crippen LogP contribution is -2.31. The van der Waals surface area contributed by atoms with Crippen LogP contribution in [0.5, 0.6) is 0 Å². The maximum Gasteiger partial charge on any atom is 0.313 e. The molecule has 0 heterocycles. The lowest BCUT2D eigenvalue weighted by Gasteiger charge is -2.21. The Morgan fingerprint density at radius 1 is 1.47 bits per heavy atom. The second kappa shape index (κ2) is 4.67. The van der Waals surface area contributed by atoms with Crippen molar-refractivity contribution in [3.63, 3.8) is 0 Å². The van der Waals surface area contributed by atoms with Crippen molar-refractivity contribution >= 4 is 17.6 Å². The number of rotatable bonds is 4. The van der Waals surface area contributed by atoms with Gasteiger partial charge in [-0.15, -0.1) is 0 Å². The number of carbonyl (C=O) groups is 1. The SMILES string of the molecule is CCOC(=O)C1(C(N)c2ccc(Cl)cc2)CC1. The van der Waals surface area contributed by atoms with E-state index in [-0.39, 0.29) is 12.0 Å². The molecule has 1 aliphatic carbocycles. The Bertz CT molecular complexity index is 412. The highest BCUT2D eigenvalue weighted by Crippen LogP contribution is 2.54. The number of halogens is 1. The van der Waals surface area contributed by atoms with E-state index in [0.717, 1.165) is 18.4 Å². The second-order valence-electron chi connectivity index (χ2n) is 4.41. The van der Waals surface area contributed by atoms with E-state index in [0.29, 0.717) is 11.6 Å². The van der Waals surface area contributed by atoms with Crippen molar-refractivity contribution in [1.82, 2.24) is 0 Å². The zero-order valence-electron chi connectivity index (χ0n) is 9.78.